The Morgan fingerprint density at radius 1 is 1.15 bits per heavy atom. The number of hydrogen-bond donors (Lipinski definition) is 2. The monoisotopic (exact) mass is 350 g/mol. The highest BCUT2D eigenvalue weighted by Crippen LogP contribution is 2.20. The third-order valence-corrected chi connectivity index (χ3v) is 3.40. The lowest BCUT2D eigenvalue weighted by Crippen LogP contribution is -2.10. The van der Waals surface area contributed by atoms with E-state index in [4.69, 9.17) is 4.74 Å². The quantitative estimate of drug-likeness (QED) is 0.627. The summed E-state index contributed by atoms with van der Waals surface area (Å²) >= 11 is 0. The molecule has 8 nitrogen and oxygen atoms in total. The molecule has 0 atom stereocenters. The molecule has 0 aliphatic carbocycles. The summed E-state index contributed by atoms with van der Waals surface area (Å²) in [5.41, 5.74) is 1.84. The molecule has 0 aliphatic heterocycles. The van der Waals surface area contributed by atoms with Crippen LogP contribution in [-0.4, -0.2) is 32.7 Å². The first-order valence-corrected chi connectivity index (χ1v) is 8.13. The van der Waals surface area contributed by atoms with Gasteiger partial charge in [-0.25, -0.2) is 4.79 Å². The Morgan fingerprint density at radius 2 is 2.00 bits per heavy atom. The number of aromatic nitrogens is 4. The van der Waals surface area contributed by atoms with Gasteiger partial charge in [0.05, 0.1) is 36.3 Å². The standard InChI is InChI=1S/C18H18N6O2/c1-2-26-17(25)14-8-3-4-9-15(14)22-18-23-16(12-21-24-18)20-11-13-7-5-6-10-19-13/h3-10,12H,2,11H2,1H3,(H2,20,22,23,24). The third-order valence-electron chi connectivity index (χ3n) is 3.40. The van der Waals surface area contributed by atoms with Crippen LogP contribution in [0, 0.1) is 0 Å². The number of nitrogens with zero attached hydrogens (tertiary/aromatic N) is 4. The molecule has 0 radical (unpaired) electrons. The van der Waals surface area contributed by atoms with Crippen LogP contribution in [0.15, 0.2) is 54.9 Å². The normalized spacial score (nSPS) is 10.2. The molecule has 0 spiro atoms. The number of carbonyl (C=O) groups excluding carboxylic acids is 1. The second-order valence-electron chi connectivity index (χ2n) is 5.23. The highest BCUT2D eigenvalue weighted by atomic mass is 16.5. The summed E-state index contributed by atoms with van der Waals surface area (Å²) in [6.45, 7) is 2.58. The Morgan fingerprint density at radius 3 is 2.81 bits per heavy atom. The third kappa shape index (κ3) is 4.50. The van der Waals surface area contributed by atoms with Gasteiger partial charge in [-0.3, -0.25) is 4.98 Å². The van der Waals surface area contributed by atoms with Crippen molar-refractivity contribution in [1.29, 1.82) is 0 Å². The predicted molar refractivity (Wildman–Crippen MR) is 97.1 cm³/mol. The topological polar surface area (TPSA) is 102 Å². The number of hydrogen-bond acceptors (Lipinski definition) is 8. The Hall–Kier alpha value is -3.55. The smallest absolute Gasteiger partial charge is 0.340 e. The van der Waals surface area contributed by atoms with Crippen molar-refractivity contribution in [2.45, 2.75) is 13.5 Å². The van der Waals surface area contributed by atoms with E-state index in [2.05, 4.69) is 30.8 Å². The van der Waals surface area contributed by atoms with Crippen molar-refractivity contribution in [2.75, 3.05) is 17.2 Å². The number of nitrogens with one attached hydrogen (secondary N) is 2. The molecule has 2 aromatic heterocycles. The molecule has 0 fully saturated rings. The molecule has 1 aromatic carbocycles. The number of pyridine rings is 1. The van der Waals surface area contributed by atoms with Gasteiger partial charge in [-0.15, -0.1) is 5.10 Å². The highest BCUT2D eigenvalue weighted by Gasteiger charge is 2.13. The Kier molecular flexibility index (Phi) is 5.66. The molecule has 26 heavy (non-hydrogen) atoms. The zero-order valence-corrected chi connectivity index (χ0v) is 14.2. The number of anilines is 3. The minimum atomic E-state index is -0.409. The lowest BCUT2D eigenvalue weighted by molar-refractivity contribution is 0.0527. The predicted octanol–water partition coefficient (Wildman–Crippen LogP) is 2.80. The van der Waals surface area contributed by atoms with E-state index < -0.39 is 5.97 Å². The number of carbonyl (C=O) groups is 1. The van der Waals surface area contributed by atoms with Crippen LogP contribution in [0.1, 0.15) is 23.0 Å². The van der Waals surface area contributed by atoms with Crippen molar-refractivity contribution in [2.24, 2.45) is 0 Å². The molecule has 8 heteroatoms. The molecule has 0 unspecified atom stereocenters. The molecular formula is C18H18N6O2. The molecule has 0 amide bonds. The number of para-hydroxylation sites is 1. The van der Waals surface area contributed by atoms with Gasteiger partial charge >= 0.3 is 5.97 Å². The number of benzene rings is 1. The van der Waals surface area contributed by atoms with Crippen molar-refractivity contribution < 1.29 is 9.53 Å². The molecule has 3 aromatic rings. The average Bonchev–Trinajstić information content (AvgIpc) is 2.68. The van der Waals surface area contributed by atoms with Gasteiger partial charge in [0.25, 0.3) is 0 Å². The summed E-state index contributed by atoms with van der Waals surface area (Å²) in [7, 11) is 0. The van der Waals surface area contributed by atoms with Crippen LogP contribution < -0.4 is 10.6 Å². The Labute approximate surface area is 150 Å². The van der Waals surface area contributed by atoms with Gasteiger partial charge in [0.1, 0.15) is 0 Å². The zero-order valence-electron chi connectivity index (χ0n) is 14.2. The van der Waals surface area contributed by atoms with Crippen molar-refractivity contribution in [3.05, 3.63) is 66.1 Å². The van der Waals surface area contributed by atoms with Crippen LogP contribution in [0.2, 0.25) is 0 Å². The number of ether oxygens (including phenoxy) is 1. The summed E-state index contributed by atoms with van der Waals surface area (Å²) in [6, 6.07) is 12.7. The molecule has 132 valence electrons. The van der Waals surface area contributed by atoms with Gasteiger partial charge in [-0.2, -0.15) is 10.1 Å². The second kappa shape index (κ2) is 8.52. The SMILES string of the molecule is CCOC(=O)c1ccccc1Nc1nncc(NCc2ccccn2)n1. The van der Waals surface area contributed by atoms with Gasteiger partial charge in [-0.1, -0.05) is 18.2 Å². The lowest BCUT2D eigenvalue weighted by atomic mass is 10.2. The van der Waals surface area contributed by atoms with Crippen LogP contribution in [0.4, 0.5) is 17.5 Å². The van der Waals surface area contributed by atoms with E-state index >= 15 is 0 Å². The average molecular weight is 350 g/mol. The van der Waals surface area contributed by atoms with E-state index in [0.717, 1.165) is 5.69 Å². The fourth-order valence-corrected chi connectivity index (χ4v) is 2.22. The fourth-order valence-electron chi connectivity index (χ4n) is 2.22. The van der Waals surface area contributed by atoms with E-state index in [9.17, 15) is 4.79 Å². The molecular weight excluding hydrogens is 332 g/mol. The zero-order chi connectivity index (χ0) is 18.2. The van der Waals surface area contributed by atoms with Crippen LogP contribution in [0.5, 0.6) is 0 Å². The molecule has 0 bridgehead atoms. The van der Waals surface area contributed by atoms with E-state index in [1.807, 2.05) is 24.3 Å². The van der Waals surface area contributed by atoms with E-state index in [1.54, 1.807) is 31.3 Å². The molecule has 0 saturated heterocycles. The van der Waals surface area contributed by atoms with Gasteiger partial charge in [-0.05, 0) is 31.2 Å². The second-order valence-corrected chi connectivity index (χ2v) is 5.23. The number of rotatable bonds is 7. The van der Waals surface area contributed by atoms with Crippen LogP contribution >= 0.6 is 0 Å². The van der Waals surface area contributed by atoms with Crippen LogP contribution in [0.3, 0.4) is 0 Å². The molecule has 0 aliphatic rings. The van der Waals surface area contributed by atoms with E-state index in [0.29, 0.717) is 30.2 Å². The van der Waals surface area contributed by atoms with Gasteiger partial charge in [0.2, 0.25) is 5.95 Å². The van der Waals surface area contributed by atoms with Gasteiger partial charge in [0.15, 0.2) is 5.82 Å². The maximum absolute atomic E-state index is 12.0. The first-order chi connectivity index (χ1) is 12.8. The first-order valence-electron chi connectivity index (χ1n) is 8.13. The maximum Gasteiger partial charge on any atom is 0.340 e. The van der Waals surface area contributed by atoms with Crippen molar-refractivity contribution >= 4 is 23.4 Å². The molecule has 0 saturated carbocycles. The first kappa shape index (κ1) is 17.3. The highest BCUT2D eigenvalue weighted by molar-refractivity contribution is 5.96. The van der Waals surface area contributed by atoms with Gasteiger partial charge in [0, 0.05) is 6.20 Å². The summed E-state index contributed by atoms with van der Waals surface area (Å²) in [4.78, 5) is 20.6. The van der Waals surface area contributed by atoms with Crippen LogP contribution in [-0.2, 0) is 11.3 Å². The van der Waals surface area contributed by atoms with Crippen LogP contribution in [0.25, 0.3) is 0 Å². The molecule has 3 rings (SSSR count). The van der Waals surface area contributed by atoms with Crippen molar-refractivity contribution in [1.82, 2.24) is 20.2 Å². The van der Waals surface area contributed by atoms with Gasteiger partial charge < -0.3 is 15.4 Å². The summed E-state index contributed by atoms with van der Waals surface area (Å²) in [5, 5.41) is 14.0. The number of esters is 1. The largest absolute Gasteiger partial charge is 0.462 e. The molecule has 2 heterocycles. The summed E-state index contributed by atoms with van der Waals surface area (Å²) in [6.07, 6.45) is 3.25. The fraction of sp³-hybridized carbons (Fsp3) is 0.167. The lowest BCUT2D eigenvalue weighted by Gasteiger charge is -2.10. The van der Waals surface area contributed by atoms with E-state index in [-0.39, 0.29) is 5.95 Å². The van der Waals surface area contributed by atoms with E-state index in [1.165, 1.54) is 6.20 Å². The Bertz CT molecular complexity index is 872. The summed E-state index contributed by atoms with van der Waals surface area (Å²) < 4.78 is 5.06. The summed E-state index contributed by atoms with van der Waals surface area (Å²) in [5.74, 6) is 0.405. The minimum Gasteiger partial charge on any atom is -0.462 e. The Balaban J connectivity index is 1.72. The van der Waals surface area contributed by atoms with Crippen molar-refractivity contribution in [3.8, 4) is 0 Å². The minimum absolute atomic E-state index is 0.271. The maximum atomic E-state index is 12.0. The molecule has 2 N–H and O–H groups in total. The van der Waals surface area contributed by atoms with Crippen molar-refractivity contribution in [3.63, 3.8) is 0 Å².